The smallest absolute Gasteiger partial charge is 0.346 e. The lowest BCUT2D eigenvalue weighted by molar-refractivity contribution is -0.354. The number of ether oxygens (including phenoxy) is 2. The maximum Gasteiger partial charge on any atom is 0.346 e. The summed E-state index contributed by atoms with van der Waals surface area (Å²) in [6, 6.07) is 11.8. The van der Waals surface area contributed by atoms with Gasteiger partial charge in [0.25, 0.3) is 0 Å². The predicted molar refractivity (Wildman–Crippen MR) is 128 cm³/mol. The van der Waals surface area contributed by atoms with Crippen molar-refractivity contribution in [2.75, 3.05) is 13.7 Å². The van der Waals surface area contributed by atoms with Gasteiger partial charge in [0.15, 0.2) is 11.9 Å². The molecule has 0 radical (unpaired) electrons. The zero-order valence-electron chi connectivity index (χ0n) is 18.7. The van der Waals surface area contributed by atoms with Crippen molar-refractivity contribution in [2.45, 2.75) is 6.92 Å². The van der Waals surface area contributed by atoms with Crippen LogP contribution in [0.1, 0.15) is 17.3 Å². The molecular formula is C25H19ClFN4O4+. The Balaban J connectivity index is 1.83. The minimum absolute atomic E-state index is 0.0236. The van der Waals surface area contributed by atoms with Crippen molar-refractivity contribution in [1.82, 2.24) is 14.0 Å². The quantitative estimate of drug-likeness (QED) is 0.344. The topological polar surface area (TPSA) is 89.0 Å². The molecule has 0 aliphatic heterocycles. The number of methoxy groups -OCH3 is 1. The van der Waals surface area contributed by atoms with Crippen LogP contribution in [-0.4, -0.2) is 33.6 Å². The molecule has 8 nitrogen and oxygen atoms in total. The van der Waals surface area contributed by atoms with Crippen molar-refractivity contribution in [3.63, 3.8) is 0 Å². The van der Waals surface area contributed by atoms with Gasteiger partial charge in [-0.25, -0.2) is 23.5 Å². The van der Waals surface area contributed by atoms with Crippen molar-refractivity contribution in [3.05, 3.63) is 87.9 Å². The van der Waals surface area contributed by atoms with E-state index in [1.807, 2.05) is 30.5 Å². The van der Waals surface area contributed by atoms with Crippen LogP contribution in [0.25, 0.3) is 33.5 Å². The van der Waals surface area contributed by atoms with Gasteiger partial charge < -0.3 is 9.47 Å². The Labute approximate surface area is 203 Å². The monoisotopic (exact) mass is 493 g/mol. The van der Waals surface area contributed by atoms with Crippen LogP contribution in [0.4, 0.5) is 4.39 Å². The summed E-state index contributed by atoms with van der Waals surface area (Å²) in [5.74, 6) is -0.586. The molecule has 176 valence electrons. The number of aromatic nitrogens is 4. The maximum atomic E-state index is 13.8. The van der Waals surface area contributed by atoms with E-state index in [1.54, 1.807) is 24.7 Å². The summed E-state index contributed by atoms with van der Waals surface area (Å²) >= 11 is 6.05. The molecule has 35 heavy (non-hydrogen) atoms. The third-order valence-corrected chi connectivity index (χ3v) is 5.92. The number of fused-ring (bicyclic) bond motifs is 3. The number of carbonyl (C=O) groups is 1. The number of nitrogens with zero attached hydrogens (tertiary/aromatic N) is 3. The largest absolute Gasteiger partial charge is 0.497 e. The molecule has 0 bridgehead atoms. The van der Waals surface area contributed by atoms with E-state index in [0.717, 1.165) is 11.1 Å². The van der Waals surface area contributed by atoms with Crippen LogP contribution in [0.2, 0.25) is 5.02 Å². The maximum absolute atomic E-state index is 13.8. The van der Waals surface area contributed by atoms with Crippen LogP contribution < -0.4 is 15.3 Å². The lowest BCUT2D eigenvalue weighted by Crippen LogP contribution is -2.27. The molecule has 5 aromatic rings. The van der Waals surface area contributed by atoms with Gasteiger partial charge in [-0.2, -0.15) is 4.40 Å². The zero-order chi connectivity index (χ0) is 24.7. The zero-order valence-corrected chi connectivity index (χ0v) is 19.5. The number of rotatable bonds is 5. The van der Waals surface area contributed by atoms with E-state index < -0.39 is 17.3 Å². The van der Waals surface area contributed by atoms with E-state index in [1.165, 1.54) is 29.1 Å². The summed E-state index contributed by atoms with van der Waals surface area (Å²) in [6.07, 6.45) is 4.49. The van der Waals surface area contributed by atoms with Crippen LogP contribution in [0.5, 0.6) is 5.75 Å². The van der Waals surface area contributed by atoms with Gasteiger partial charge in [0.2, 0.25) is 11.3 Å². The lowest BCUT2D eigenvalue weighted by atomic mass is 10.1. The van der Waals surface area contributed by atoms with Crippen molar-refractivity contribution in [3.8, 4) is 22.6 Å². The van der Waals surface area contributed by atoms with Gasteiger partial charge in [0.05, 0.1) is 31.1 Å². The van der Waals surface area contributed by atoms with E-state index >= 15 is 0 Å². The number of hydrogen-bond donors (Lipinski definition) is 0. The summed E-state index contributed by atoms with van der Waals surface area (Å²) in [5, 5.41) is 0.593. The molecule has 3 heterocycles. The van der Waals surface area contributed by atoms with E-state index in [9.17, 15) is 14.0 Å². The van der Waals surface area contributed by atoms with Crippen molar-refractivity contribution in [1.29, 1.82) is 0 Å². The third-order valence-electron chi connectivity index (χ3n) is 5.63. The molecule has 1 N–H and O–H groups in total. The second-order valence-electron chi connectivity index (χ2n) is 7.63. The molecule has 0 aliphatic carbocycles. The van der Waals surface area contributed by atoms with Gasteiger partial charge in [-0.3, -0.25) is 4.98 Å². The second kappa shape index (κ2) is 8.84. The molecule has 0 amide bonds. The number of carbonyl (C=O) groups excluding carboxylic acids is 1. The van der Waals surface area contributed by atoms with Crippen molar-refractivity contribution < 1.29 is 23.6 Å². The Hall–Kier alpha value is -4.24. The first-order valence-corrected chi connectivity index (χ1v) is 11.0. The molecule has 0 saturated heterocycles. The van der Waals surface area contributed by atoms with Gasteiger partial charge in [-0.05, 0) is 42.8 Å². The molecule has 5 rings (SSSR count). The number of H-pyrrole nitrogens is 1. The number of aromatic amines is 1. The number of halogens is 2. The van der Waals surface area contributed by atoms with Gasteiger partial charge in [-0.1, -0.05) is 23.7 Å². The second-order valence-corrected chi connectivity index (χ2v) is 8.04. The number of nitrogens with one attached hydrogen (secondary N) is 1. The van der Waals surface area contributed by atoms with E-state index in [2.05, 4.69) is 9.97 Å². The van der Waals surface area contributed by atoms with Crippen LogP contribution in [0.3, 0.4) is 0 Å². The molecule has 0 fully saturated rings. The van der Waals surface area contributed by atoms with Crippen LogP contribution in [0.15, 0.2) is 66.0 Å². The average molecular weight is 494 g/mol. The fourth-order valence-corrected chi connectivity index (χ4v) is 4.13. The normalized spacial score (nSPS) is 11.2. The fourth-order valence-electron chi connectivity index (χ4n) is 3.95. The average Bonchev–Trinajstić information content (AvgIpc) is 3.26. The number of esters is 1. The van der Waals surface area contributed by atoms with Crippen LogP contribution in [-0.2, 0) is 4.74 Å². The number of hydrogen-bond acceptors (Lipinski definition) is 5. The highest BCUT2D eigenvalue weighted by Crippen LogP contribution is 2.34. The highest BCUT2D eigenvalue weighted by atomic mass is 35.5. The predicted octanol–water partition coefficient (Wildman–Crippen LogP) is 4.10. The van der Waals surface area contributed by atoms with E-state index in [4.69, 9.17) is 21.1 Å². The SMILES string of the molecule is CCOC(=O)c1cnc2c3c(-c4ccc(OC)cc4)cn(-c4ccc(F)c(Cl)c4)c3[nH+]cn2c1=O. The van der Waals surface area contributed by atoms with Crippen molar-refractivity contribution >= 4 is 34.3 Å². The summed E-state index contributed by atoms with van der Waals surface area (Å²) in [4.78, 5) is 32.9. The van der Waals surface area contributed by atoms with Gasteiger partial charge in [0.1, 0.15) is 22.6 Å². The van der Waals surface area contributed by atoms with Crippen molar-refractivity contribution in [2.24, 2.45) is 0 Å². The van der Waals surface area contributed by atoms with Crippen LogP contribution >= 0.6 is 11.6 Å². The fraction of sp³-hybridized carbons (Fsp3) is 0.120. The minimum atomic E-state index is -0.742. The molecule has 0 saturated carbocycles. The summed E-state index contributed by atoms with van der Waals surface area (Å²) < 4.78 is 27.1. The lowest BCUT2D eigenvalue weighted by Gasteiger charge is -2.04. The highest BCUT2D eigenvalue weighted by Gasteiger charge is 2.25. The summed E-state index contributed by atoms with van der Waals surface area (Å²) in [5.41, 5.74) is 2.36. The summed E-state index contributed by atoms with van der Waals surface area (Å²) in [7, 11) is 1.58. The molecule has 0 aliphatic rings. The summed E-state index contributed by atoms with van der Waals surface area (Å²) in [6.45, 7) is 1.80. The highest BCUT2D eigenvalue weighted by molar-refractivity contribution is 6.30. The Morgan fingerprint density at radius 1 is 1.20 bits per heavy atom. The van der Waals surface area contributed by atoms with Gasteiger partial charge in [0, 0.05) is 5.56 Å². The molecule has 0 spiro atoms. The Kier molecular flexibility index (Phi) is 5.70. The van der Waals surface area contributed by atoms with E-state index in [-0.39, 0.29) is 17.2 Å². The van der Waals surface area contributed by atoms with E-state index in [0.29, 0.717) is 28.1 Å². The third kappa shape index (κ3) is 3.79. The van der Waals surface area contributed by atoms with Gasteiger partial charge >= 0.3 is 11.5 Å². The standard InChI is InChI=1S/C25H18ClFN4O4/c1-3-35-25(33)17-11-28-22-21-18(14-4-7-16(34-2)8-5-14)12-30(15-6-9-20(27)19(26)10-15)23(21)29-13-31(22)24(17)32/h4-13H,3H2,1-2H3/p+1. The molecular weight excluding hydrogens is 475 g/mol. The first-order valence-electron chi connectivity index (χ1n) is 10.7. The Morgan fingerprint density at radius 3 is 2.66 bits per heavy atom. The molecule has 0 atom stereocenters. The molecule has 0 unspecified atom stereocenters. The Morgan fingerprint density at radius 2 is 1.97 bits per heavy atom. The molecule has 2 aromatic carbocycles. The first kappa shape index (κ1) is 22.5. The minimum Gasteiger partial charge on any atom is -0.497 e. The molecule has 10 heteroatoms. The Bertz CT molecular complexity index is 1660. The first-order chi connectivity index (χ1) is 16.9. The van der Waals surface area contributed by atoms with Crippen LogP contribution in [0, 0.1) is 5.82 Å². The number of benzene rings is 2. The van der Waals surface area contributed by atoms with Gasteiger partial charge in [-0.15, -0.1) is 0 Å². The molecule has 3 aromatic heterocycles.